The molecule has 31 heavy (non-hydrogen) atoms. The first-order chi connectivity index (χ1) is 14.8. The van der Waals surface area contributed by atoms with Crippen molar-refractivity contribution in [1.82, 2.24) is 14.4 Å². The molecule has 2 aromatic rings. The van der Waals surface area contributed by atoms with E-state index in [2.05, 4.69) is 5.16 Å². The van der Waals surface area contributed by atoms with Crippen molar-refractivity contribution in [3.63, 3.8) is 0 Å². The van der Waals surface area contributed by atoms with Crippen molar-refractivity contribution in [3.05, 3.63) is 41.3 Å². The van der Waals surface area contributed by atoms with Crippen LogP contribution >= 0.6 is 0 Å². The fourth-order valence-electron chi connectivity index (χ4n) is 4.14. The number of carbonyl (C=O) groups is 2. The van der Waals surface area contributed by atoms with Crippen molar-refractivity contribution < 1.29 is 22.5 Å². The molecule has 1 aromatic carbocycles. The van der Waals surface area contributed by atoms with Crippen LogP contribution in [0, 0.1) is 13.8 Å². The lowest BCUT2D eigenvalue weighted by atomic mass is 10.1. The third kappa shape index (κ3) is 4.28. The summed E-state index contributed by atoms with van der Waals surface area (Å²) in [5, 5.41) is 3.74. The molecule has 2 aliphatic rings. The van der Waals surface area contributed by atoms with Gasteiger partial charge in [0.15, 0.2) is 11.5 Å². The minimum atomic E-state index is -3.67. The van der Waals surface area contributed by atoms with E-state index in [1.54, 1.807) is 30.9 Å². The maximum Gasteiger partial charge on any atom is 0.248 e. The Hall–Kier alpha value is -2.56. The number of piperazine rings is 1. The van der Waals surface area contributed by atoms with Gasteiger partial charge >= 0.3 is 0 Å². The van der Waals surface area contributed by atoms with Gasteiger partial charge in [-0.3, -0.25) is 14.5 Å². The Morgan fingerprint density at radius 1 is 1.06 bits per heavy atom. The van der Waals surface area contributed by atoms with Gasteiger partial charge in [0, 0.05) is 50.4 Å². The van der Waals surface area contributed by atoms with E-state index in [-0.39, 0.29) is 28.9 Å². The van der Waals surface area contributed by atoms with E-state index >= 15 is 0 Å². The highest BCUT2D eigenvalue weighted by Crippen LogP contribution is 2.25. The van der Waals surface area contributed by atoms with Gasteiger partial charge in [0.25, 0.3) is 0 Å². The number of aryl methyl sites for hydroxylation is 2. The van der Waals surface area contributed by atoms with Gasteiger partial charge in [-0.25, -0.2) is 8.42 Å². The summed E-state index contributed by atoms with van der Waals surface area (Å²) in [6, 6.07) is 7.12. The largest absolute Gasteiger partial charge is 0.360 e. The average molecular weight is 447 g/mol. The second kappa shape index (κ2) is 8.52. The summed E-state index contributed by atoms with van der Waals surface area (Å²) in [4.78, 5) is 28.4. The highest BCUT2D eigenvalue weighted by molar-refractivity contribution is 7.89. The molecule has 0 N–H and O–H groups in total. The fourth-order valence-corrected chi connectivity index (χ4v) is 5.86. The van der Waals surface area contributed by atoms with Crippen molar-refractivity contribution in [2.45, 2.75) is 31.6 Å². The zero-order valence-corrected chi connectivity index (χ0v) is 18.5. The predicted molar refractivity (Wildman–Crippen MR) is 114 cm³/mol. The van der Waals surface area contributed by atoms with Crippen LogP contribution in [-0.4, -0.2) is 73.7 Å². The first-order valence-corrected chi connectivity index (χ1v) is 11.8. The van der Waals surface area contributed by atoms with E-state index < -0.39 is 10.0 Å². The lowest BCUT2D eigenvalue weighted by Gasteiger charge is -2.33. The number of hydrogen-bond acceptors (Lipinski definition) is 7. The molecular weight excluding hydrogens is 420 g/mol. The molecule has 0 saturated carbocycles. The second-order valence-electron chi connectivity index (χ2n) is 7.95. The maximum absolute atomic E-state index is 12.9. The molecule has 1 aromatic heterocycles. The number of nitrogens with zero attached hydrogens (tertiary/aromatic N) is 4. The van der Waals surface area contributed by atoms with E-state index in [4.69, 9.17) is 4.52 Å². The molecule has 0 unspecified atom stereocenters. The molecule has 2 fully saturated rings. The summed E-state index contributed by atoms with van der Waals surface area (Å²) >= 11 is 0. The van der Waals surface area contributed by atoms with Gasteiger partial charge in [-0.15, -0.1) is 0 Å². The molecule has 2 saturated heterocycles. The van der Waals surface area contributed by atoms with Crippen LogP contribution in [0.15, 0.2) is 33.7 Å². The third-order valence-corrected chi connectivity index (χ3v) is 7.98. The Labute approximate surface area is 181 Å². The molecule has 9 nitrogen and oxygen atoms in total. The van der Waals surface area contributed by atoms with Gasteiger partial charge in [0.05, 0.1) is 6.54 Å². The van der Waals surface area contributed by atoms with Crippen LogP contribution in [0.5, 0.6) is 0 Å². The van der Waals surface area contributed by atoms with E-state index in [1.165, 1.54) is 4.31 Å². The number of amides is 1. The number of anilines is 1. The minimum Gasteiger partial charge on any atom is -0.360 e. The van der Waals surface area contributed by atoms with Crippen LogP contribution in [-0.2, 0) is 14.8 Å². The van der Waals surface area contributed by atoms with Crippen LogP contribution in [0.25, 0.3) is 0 Å². The summed E-state index contributed by atoms with van der Waals surface area (Å²) in [7, 11) is -3.67. The maximum atomic E-state index is 12.9. The molecule has 0 aliphatic carbocycles. The smallest absolute Gasteiger partial charge is 0.248 e. The molecule has 4 rings (SSSR count). The average Bonchev–Trinajstić information content (AvgIpc) is 3.33. The second-order valence-corrected chi connectivity index (χ2v) is 9.83. The third-order valence-electron chi connectivity index (χ3n) is 5.84. The molecule has 2 aliphatic heterocycles. The first kappa shape index (κ1) is 21.7. The van der Waals surface area contributed by atoms with E-state index in [9.17, 15) is 18.0 Å². The number of carbonyl (C=O) groups excluding carboxylic acids is 2. The summed E-state index contributed by atoms with van der Waals surface area (Å²) in [5.74, 6) is 0.374. The molecule has 3 heterocycles. The number of benzene rings is 1. The van der Waals surface area contributed by atoms with E-state index in [0.29, 0.717) is 50.4 Å². The van der Waals surface area contributed by atoms with Crippen molar-refractivity contribution in [1.29, 1.82) is 0 Å². The molecule has 1 amide bonds. The molecule has 0 atom stereocenters. The lowest BCUT2D eigenvalue weighted by Crippen LogP contribution is -2.49. The molecular formula is C21H26N4O5S. The van der Waals surface area contributed by atoms with Crippen molar-refractivity contribution in [2.24, 2.45) is 0 Å². The highest BCUT2D eigenvalue weighted by atomic mass is 32.2. The van der Waals surface area contributed by atoms with Gasteiger partial charge in [-0.05, 0) is 44.5 Å². The fraction of sp³-hybridized carbons (Fsp3) is 0.476. The Morgan fingerprint density at radius 2 is 1.74 bits per heavy atom. The summed E-state index contributed by atoms with van der Waals surface area (Å²) < 4.78 is 32.3. The van der Waals surface area contributed by atoms with Gasteiger partial charge in [-0.1, -0.05) is 5.16 Å². The highest BCUT2D eigenvalue weighted by Gasteiger charge is 2.33. The zero-order valence-electron chi connectivity index (χ0n) is 17.7. The van der Waals surface area contributed by atoms with Crippen LogP contribution in [0.4, 0.5) is 5.69 Å². The number of sulfonamides is 1. The van der Waals surface area contributed by atoms with Gasteiger partial charge in [0.2, 0.25) is 15.9 Å². The number of ketones is 1. The Kier molecular flexibility index (Phi) is 5.96. The molecule has 10 heteroatoms. The van der Waals surface area contributed by atoms with Crippen molar-refractivity contribution in [2.75, 3.05) is 44.2 Å². The Bertz CT molecular complexity index is 1070. The number of rotatable bonds is 6. The summed E-state index contributed by atoms with van der Waals surface area (Å²) in [6.45, 7) is 5.68. The predicted octanol–water partition coefficient (Wildman–Crippen LogP) is 1.61. The molecule has 166 valence electrons. The molecule has 0 spiro atoms. The topological polar surface area (TPSA) is 104 Å². The number of hydrogen-bond donors (Lipinski definition) is 0. The minimum absolute atomic E-state index is 0.0265. The normalized spacial score (nSPS) is 18.6. The quantitative estimate of drug-likeness (QED) is 0.621. The zero-order chi connectivity index (χ0) is 22.2. The Morgan fingerprint density at radius 3 is 2.29 bits per heavy atom. The first-order valence-electron chi connectivity index (χ1n) is 10.4. The number of Topliss-reactive ketones (excluding diaryl/α,β-unsaturated/α-hetero) is 1. The van der Waals surface area contributed by atoms with Crippen LogP contribution in [0.2, 0.25) is 0 Å². The Balaban J connectivity index is 1.34. The standard InChI is InChI=1S/C21H26N4O5S/c1-15-21(16(2)30-22-15)31(28,29)24-12-10-23(11-13-24)14-19(26)17-5-7-18(8-6-17)25-9-3-4-20(25)27/h5-8H,3-4,9-14H2,1-2H3. The van der Waals surface area contributed by atoms with E-state index in [1.807, 2.05) is 17.0 Å². The van der Waals surface area contributed by atoms with Crippen LogP contribution < -0.4 is 4.90 Å². The van der Waals surface area contributed by atoms with Crippen molar-refractivity contribution >= 4 is 27.4 Å². The van der Waals surface area contributed by atoms with E-state index in [0.717, 1.165) is 12.1 Å². The van der Waals surface area contributed by atoms with Crippen LogP contribution in [0.3, 0.4) is 0 Å². The summed E-state index contributed by atoms with van der Waals surface area (Å²) in [6.07, 6.45) is 1.43. The monoisotopic (exact) mass is 446 g/mol. The molecule has 0 bridgehead atoms. The van der Waals surface area contributed by atoms with Gasteiger partial charge in [-0.2, -0.15) is 4.31 Å². The lowest BCUT2D eigenvalue weighted by molar-refractivity contribution is -0.117. The summed E-state index contributed by atoms with van der Waals surface area (Å²) in [5.41, 5.74) is 1.76. The molecule has 0 radical (unpaired) electrons. The van der Waals surface area contributed by atoms with Gasteiger partial charge in [0.1, 0.15) is 10.6 Å². The number of aromatic nitrogens is 1. The van der Waals surface area contributed by atoms with Crippen molar-refractivity contribution in [3.8, 4) is 0 Å². The van der Waals surface area contributed by atoms with Crippen LogP contribution in [0.1, 0.15) is 34.7 Å². The van der Waals surface area contributed by atoms with Gasteiger partial charge < -0.3 is 9.42 Å². The SMILES string of the molecule is Cc1noc(C)c1S(=O)(=O)N1CCN(CC(=O)c2ccc(N3CCCC3=O)cc2)CC1.